The van der Waals surface area contributed by atoms with Crippen molar-refractivity contribution in [3.63, 3.8) is 0 Å². The fraction of sp³-hybridized carbons (Fsp3) is 0.500. The number of allylic oxidation sites excluding steroid dienone is 1. The second kappa shape index (κ2) is 9.09. The zero-order valence-electron chi connectivity index (χ0n) is 11.1. The second-order valence-electron chi connectivity index (χ2n) is 4.23. The molecule has 18 heavy (non-hydrogen) atoms. The van der Waals surface area contributed by atoms with Crippen LogP contribution < -0.4 is 5.32 Å². The Morgan fingerprint density at radius 2 is 2.33 bits per heavy atom. The number of hydrogen-bond donors (Lipinski definition) is 1. The molecule has 0 aliphatic heterocycles. The smallest absolute Gasteiger partial charge is 0.0624 e. The van der Waals surface area contributed by atoms with Crippen LogP contribution in [0.3, 0.4) is 0 Å². The van der Waals surface area contributed by atoms with Crippen molar-refractivity contribution >= 4 is 11.6 Å². The number of ether oxygens (including phenoxy) is 1. The molecule has 0 fully saturated rings. The summed E-state index contributed by atoms with van der Waals surface area (Å²) >= 11 is 6.07. The van der Waals surface area contributed by atoms with Crippen molar-refractivity contribution < 1.29 is 4.74 Å². The number of halogens is 1. The van der Waals surface area contributed by atoms with E-state index in [-0.39, 0.29) is 0 Å². The molecule has 0 unspecified atom stereocenters. The van der Waals surface area contributed by atoms with Gasteiger partial charge in [0.25, 0.3) is 0 Å². The van der Waals surface area contributed by atoms with Crippen LogP contribution in [-0.4, -0.2) is 31.8 Å². The Kier molecular flexibility index (Phi) is 7.65. The van der Waals surface area contributed by atoms with Crippen molar-refractivity contribution in [1.29, 1.82) is 0 Å². The normalized spacial score (nSPS) is 11.8. The molecule has 0 amide bonds. The summed E-state index contributed by atoms with van der Waals surface area (Å²) < 4.78 is 4.96. The van der Waals surface area contributed by atoms with Crippen molar-refractivity contribution in [3.8, 4) is 0 Å². The Morgan fingerprint density at radius 3 is 3.06 bits per heavy atom. The van der Waals surface area contributed by atoms with E-state index in [0.29, 0.717) is 0 Å². The maximum absolute atomic E-state index is 6.07. The molecule has 0 radical (unpaired) electrons. The van der Waals surface area contributed by atoms with Crippen molar-refractivity contribution in [2.24, 2.45) is 0 Å². The quantitative estimate of drug-likeness (QED) is 0.582. The van der Waals surface area contributed by atoms with E-state index in [1.54, 1.807) is 19.5 Å². The Morgan fingerprint density at radius 1 is 1.50 bits per heavy atom. The molecule has 4 heteroatoms. The van der Waals surface area contributed by atoms with Crippen LogP contribution in [0.2, 0.25) is 5.02 Å². The summed E-state index contributed by atoms with van der Waals surface area (Å²) in [6.07, 6.45) is 7.63. The van der Waals surface area contributed by atoms with E-state index >= 15 is 0 Å². The molecular weight excluding hydrogens is 248 g/mol. The minimum atomic E-state index is 0.739. The number of methoxy groups -OCH3 is 1. The third-order valence-corrected chi connectivity index (χ3v) is 2.96. The lowest BCUT2D eigenvalue weighted by Crippen LogP contribution is -2.19. The Bertz CT molecular complexity index is 380. The molecule has 0 aliphatic carbocycles. The van der Waals surface area contributed by atoms with Crippen molar-refractivity contribution in [2.45, 2.75) is 19.8 Å². The third kappa shape index (κ3) is 6.15. The first-order chi connectivity index (χ1) is 8.74. The number of pyridine rings is 1. The average Bonchev–Trinajstić information content (AvgIpc) is 2.36. The number of rotatable bonds is 8. The summed E-state index contributed by atoms with van der Waals surface area (Å²) in [7, 11) is 1.71. The van der Waals surface area contributed by atoms with E-state index in [4.69, 9.17) is 16.3 Å². The van der Waals surface area contributed by atoms with Crippen LogP contribution in [0.1, 0.15) is 18.9 Å². The Hall–Kier alpha value is -0.900. The molecule has 0 atom stereocenters. The molecule has 3 nitrogen and oxygen atoms in total. The molecule has 0 spiro atoms. The van der Waals surface area contributed by atoms with Gasteiger partial charge in [-0.05, 0) is 37.9 Å². The second-order valence-corrected chi connectivity index (χ2v) is 4.63. The van der Waals surface area contributed by atoms with Gasteiger partial charge in [-0.15, -0.1) is 0 Å². The highest BCUT2D eigenvalue weighted by molar-refractivity contribution is 6.31. The molecular formula is C14H21ClN2O. The summed E-state index contributed by atoms with van der Waals surface area (Å²) in [6, 6.07) is 1.97. The minimum absolute atomic E-state index is 0.739. The van der Waals surface area contributed by atoms with Gasteiger partial charge in [0.15, 0.2) is 0 Å². The maximum atomic E-state index is 6.07. The topological polar surface area (TPSA) is 34.1 Å². The molecule has 0 aromatic carbocycles. The first-order valence-corrected chi connectivity index (χ1v) is 6.55. The first kappa shape index (κ1) is 15.2. The highest BCUT2D eigenvalue weighted by Crippen LogP contribution is 2.17. The van der Waals surface area contributed by atoms with Gasteiger partial charge >= 0.3 is 0 Å². The Balaban J connectivity index is 2.28. The molecule has 0 aliphatic rings. The monoisotopic (exact) mass is 268 g/mol. The summed E-state index contributed by atoms with van der Waals surface area (Å²) in [4.78, 5) is 3.98. The lowest BCUT2D eigenvalue weighted by molar-refractivity contribution is 0.199. The predicted molar refractivity (Wildman–Crippen MR) is 76.1 cm³/mol. The summed E-state index contributed by atoms with van der Waals surface area (Å²) in [5, 5.41) is 4.05. The average molecular weight is 269 g/mol. The van der Waals surface area contributed by atoms with Gasteiger partial charge < -0.3 is 10.1 Å². The predicted octanol–water partition coefficient (Wildman–Crippen LogP) is 2.85. The number of nitrogens with one attached hydrogen (secondary N) is 1. The highest BCUT2D eigenvalue weighted by atomic mass is 35.5. The van der Waals surface area contributed by atoms with E-state index in [1.165, 1.54) is 5.57 Å². The maximum Gasteiger partial charge on any atom is 0.0624 e. The van der Waals surface area contributed by atoms with Gasteiger partial charge in [0.2, 0.25) is 0 Å². The van der Waals surface area contributed by atoms with Gasteiger partial charge in [0.1, 0.15) is 0 Å². The molecule has 0 bridgehead atoms. The van der Waals surface area contributed by atoms with Crippen molar-refractivity contribution in [1.82, 2.24) is 10.3 Å². The molecule has 1 heterocycles. The molecule has 1 N–H and O–H groups in total. The minimum Gasteiger partial charge on any atom is -0.383 e. The SMILES string of the molecule is COCCNCCC=C(C)Cc1ccncc1Cl. The van der Waals surface area contributed by atoms with Gasteiger partial charge in [0.05, 0.1) is 11.6 Å². The highest BCUT2D eigenvalue weighted by Gasteiger charge is 2.00. The Labute approximate surface area is 114 Å². The van der Waals surface area contributed by atoms with Gasteiger partial charge in [-0.2, -0.15) is 0 Å². The van der Waals surface area contributed by atoms with Gasteiger partial charge in [-0.25, -0.2) is 0 Å². The number of aromatic nitrogens is 1. The van der Waals surface area contributed by atoms with Gasteiger partial charge in [-0.1, -0.05) is 23.3 Å². The fourth-order valence-electron chi connectivity index (χ4n) is 1.64. The summed E-state index contributed by atoms with van der Waals surface area (Å²) in [5.41, 5.74) is 2.46. The van der Waals surface area contributed by atoms with E-state index < -0.39 is 0 Å². The number of nitrogens with zero attached hydrogens (tertiary/aromatic N) is 1. The molecule has 0 saturated carbocycles. The summed E-state index contributed by atoms with van der Waals surface area (Å²) in [5.74, 6) is 0. The molecule has 100 valence electrons. The number of hydrogen-bond acceptors (Lipinski definition) is 3. The molecule has 0 saturated heterocycles. The van der Waals surface area contributed by atoms with Gasteiger partial charge in [-0.3, -0.25) is 4.98 Å². The zero-order chi connectivity index (χ0) is 13.2. The summed E-state index contributed by atoms with van der Waals surface area (Å²) in [6.45, 7) is 4.77. The van der Waals surface area contributed by atoms with E-state index in [9.17, 15) is 0 Å². The van der Waals surface area contributed by atoms with Crippen molar-refractivity contribution in [2.75, 3.05) is 26.8 Å². The largest absolute Gasteiger partial charge is 0.383 e. The molecule has 1 rings (SSSR count). The van der Waals surface area contributed by atoms with Crippen LogP contribution in [0.5, 0.6) is 0 Å². The van der Waals surface area contributed by atoms with Gasteiger partial charge in [0, 0.05) is 26.0 Å². The molecule has 1 aromatic rings. The van der Waals surface area contributed by atoms with Crippen LogP contribution in [0.4, 0.5) is 0 Å². The zero-order valence-corrected chi connectivity index (χ0v) is 11.8. The van der Waals surface area contributed by atoms with Crippen molar-refractivity contribution in [3.05, 3.63) is 40.7 Å². The first-order valence-electron chi connectivity index (χ1n) is 6.17. The van der Waals surface area contributed by atoms with E-state index in [2.05, 4.69) is 23.3 Å². The van der Waals surface area contributed by atoms with Crippen LogP contribution in [0.25, 0.3) is 0 Å². The third-order valence-electron chi connectivity index (χ3n) is 2.62. The molecule has 1 aromatic heterocycles. The fourth-order valence-corrected chi connectivity index (χ4v) is 1.83. The van der Waals surface area contributed by atoms with Crippen LogP contribution in [-0.2, 0) is 11.2 Å². The van der Waals surface area contributed by atoms with E-state index in [0.717, 1.165) is 43.1 Å². The standard InChI is InChI=1S/C14H21ClN2O/c1-12(4-3-6-16-8-9-18-2)10-13-5-7-17-11-14(13)15/h4-5,7,11,16H,3,6,8-10H2,1-2H3. The van der Waals surface area contributed by atoms with Crippen LogP contribution >= 0.6 is 11.6 Å². The van der Waals surface area contributed by atoms with Crippen LogP contribution in [0.15, 0.2) is 30.1 Å². The van der Waals surface area contributed by atoms with E-state index in [1.807, 2.05) is 6.07 Å². The van der Waals surface area contributed by atoms with Crippen LogP contribution in [0, 0.1) is 0 Å². The lowest BCUT2D eigenvalue weighted by atomic mass is 10.1. The lowest BCUT2D eigenvalue weighted by Gasteiger charge is -2.05.